The van der Waals surface area contributed by atoms with Crippen LogP contribution in [0.3, 0.4) is 0 Å². The molecule has 26 nitrogen and oxygen atoms in total. The van der Waals surface area contributed by atoms with Gasteiger partial charge in [-0.15, -0.1) is 0 Å². The molecule has 5 N–H and O–H groups in total. The van der Waals surface area contributed by atoms with Gasteiger partial charge in [0, 0.05) is 39.6 Å². The molecule has 544 valence electrons. The van der Waals surface area contributed by atoms with Gasteiger partial charge in [-0.1, -0.05) is 77.0 Å². The van der Waals surface area contributed by atoms with Crippen LogP contribution in [0.1, 0.15) is 130 Å². The number of rotatable bonds is 24. The molecule has 0 radical (unpaired) electrons. The highest BCUT2D eigenvalue weighted by Gasteiger charge is 2.40. The summed E-state index contributed by atoms with van der Waals surface area (Å²) in [5.41, 5.74) is 4.69. The van der Waals surface area contributed by atoms with Gasteiger partial charge < -0.3 is 38.6 Å². The summed E-state index contributed by atoms with van der Waals surface area (Å²) in [6.45, 7) is 6.68. The number of sulfone groups is 3. The van der Waals surface area contributed by atoms with Crippen molar-refractivity contribution in [2.45, 2.75) is 150 Å². The number of aliphatic hydroxyl groups is 2. The Kier molecular flexibility index (Phi) is 23.6. The first kappa shape index (κ1) is 74.2. The SMILES string of the molecule is C=Cc1ccc2nc(NC(=O)C(OC3CCOCC3)c3ccc(S(=O)(=O)C4CC4)cc3)sc2n1.O=C(Nc1nc2ccc(Br)nc2s1)C(OC1CCOCC1)c1ccc(S(=O)(=O)C2CC2)cc1.O=C(Nc1nc2ccc(C(O)CO)nc2s1)C(OC1CCOCC1)c1ccc(S(=O)(=O)C2CC2)cc1. The van der Waals surface area contributed by atoms with E-state index in [0.717, 1.165) is 17.0 Å². The van der Waals surface area contributed by atoms with Crippen LogP contribution in [0.2, 0.25) is 0 Å². The summed E-state index contributed by atoms with van der Waals surface area (Å²) in [6, 6.07) is 29.7. The quantitative estimate of drug-likeness (QED) is 0.0351. The highest BCUT2D eigenvalue weighted by Crippen LogP contribution is 2.39. The van der Waals surface area contributed by atoms with E-state index >= 15 is 0 Å². The topological polar surface area (TPSA) is 363 Å². The second-order valence-corrected chi connectivity index (χ2v) is 35.9. The molecule has 103 heavy (non-hydrogen) atoms. The van der Waals surface area contributed by atoms with Crippen LogP contribution in [0.5, 0.6) is 0 Å². The zero-order valence-corrected chi connectivity index (χ0v) is 61.9. The Balaban J connectivity index is 0.000000138. The minimum Gasteiger partial charge on any atom is -0.393 e. The molecule has 6 aliphatic rings. The zero-order chi connectivity index (χ0) is 72.0. The number of carbonyl (C=O) groups excluding carboxylic acids is 3. The summed E-state index contributed by atoms with van der Waals surface area (Å²) >= 11 is 7.03. The van der Waals surface area contributed by atoms with Crippen molar-refractivity contribution in [3.8, 4) is 0 Å². The van der Waals surface area contributed by atoms with Gasteiger partial charge in [0.1, 0.15) is 41.7 Å². The molecule has 3 amide bonds. The van der Waals surface area contributed by atoms with E-state index in [0.29, 0.717) is 190 Å². The molecule has 0 spiro atoms. The van der Waals surface area contributed by atoms with Crippen molar-refractivity contribution >= 4 is 150 Å². The summed E-state index contributed by atoms with van der Waals surface area (Å²) in [6.07, 6.45) is 5.56. The van der Waals surface area contributed by atoms with E-state index in [-0.39, 0.29) is 60.6 Å². The lowest BCUT2D eigenvalue weighted by Gasteiger charge is -2.27. The number of nitrogens with zero attached hydrogens (tertiary/aromatic N) is 6. The molecular weight excluding hydrogens is 1510 g/mol. The number of carbonyl (C=O) groups is 3. The van der Waals surface area contributed by atoms with E-state index < -0.39 is 66.4 Å². The molecule has 3 aromatic carbocycles. The van der Waals surface area contributed by atoms with Crippen molar-refractivity contribution in [1.82, 2.24) is 29.9 Å². The maximum Gasteiger partial charge on any atom is 0.259 e. The summed E-state index contributed by atoms with van der Waals surface area (Å²) in [7, 11) is -9.94. The maximum atomic E-state index is 13.4. The van der Waals surface area contributed by atoms with Crippen LogP contribution >= 0.6 is 49.9 Å². The number of aliphatic hydroxyl groups excluding tert-OH is 2. The van der Waals surface area contributed by atoms with Gasteiger partial charge in [-0.2, -0.15) is 0 Å². The van der Waals surface area contributed by atoms with Crippen molar-refractivity contribution < 1.29 is 78.3 Å². The molecule has 15 rings (SSSR count). The first-order valence-corrected chi connectivity index (χ1v) is 41.6. The van der Waals surface area contributed by atoms with Crippen molar-refractivity contribution in [3.63, 3.8) is 0 Å². The number of thiazole rings is 3. The molecule has 33 heteroatoms. The zero-order valence-electron chi connectivity index (χ0n) is 55.4. The van der Waals surface area contributed by atoms with Crippen LogP contribution in [-0.2, 0) is 72.3 Å². The van der Waals surface area contributed by atoms with Crippen LogP contribution in [0.15, 0.2) is 135 Å². The third-order valence-electron chi connectivity index (χ3n) is 17.8. The molecule has 4 atom stereocenters. The van der Waals surface area contributed by atoms with Crippen molar-refractivity contribution in [2.75, 3.05) is 62.2 Å². The van der Waals surface area contributed by atoms with E-state index in [1.807, 2.05) is 18.2 Å². The number of nitrogens with one attached hydrogen (secondary N) is 3. The molecule has 3 saturated heterocycles. The van der Waals surface area contributed by atoms with Gasteiger partial charge in [-0.05, 0) is 189 Å². The Bertz CT molecular complexity index is 4890. The fraction of sp³-hybridized carbons (Fsp3) is 0.414. The van der Waals surface area contributed by atoms with Crippen molar-refractivity contribution in [2.24, 2.45) is 0 Å². The number of aromatic nitrogens is 6. The third kappa shape index (κ3) is 18.4. The van der Waals surface area contributed by atoms with E-state index in [1.54, 1.807) is 84.9 Å². The largest absolute Gasteiger partial charge is 0.393 e. The molecule has 9 heterocycles. The molecule has 3 aliphatic heterocycles. The van der Waals surface area contributed by atoms with Crippen LogP contribution in [0.4, 0.5) is 15.4 Å². The first-order chi connectivity index (χ1) is 49.7. The number of pyridine rings is 3. The summed E-state index contributed by atoms with van der Waals surface area (Å²) < 4.78 is 111. The molecular formula is C70H74BrN9O17S6. The summed E-state index contributed by atoms with van der Waals surface area (Å²) in [4.78, 5) is 69.1. The van der Waals surface area contributed by atoms with Crippen molar-refractivity contribution in [1.29, 1.82) is 0 Å². The number of hydrogen-bond donors (Lipinski definition) is 5. The van der Waals surface area contributed by atoms with Gasteiger partial charge in [-0.25, -0.2) is 55.2 Å². The van der Waals surface area contributed by atoms with Crippen LogP contribution in [0, 0.1) is 0 Å². The van der Waals surface area contributed by atoms with Crippen LogP contribution < -0.4 is 16.0 Å². The molecule has 9 aromatic rings. The van der Waals surface area contributed by atoms with Gasteiger partial charge >= 0.3 is 0 Å². The number of ether oxygens (including phenoxy) is 6. The number of benzene rings is 3. The lowest BCUT2D eigenvalue weighted by atomic mass is 10.1. The number of halogens is 1. The van der Waals surface area contributed by atoms with Gasteiger partial charge in [0.25, 0.3) is 17.7 Å². The molecule has 3 saturated carbocycles. The number of hydrogen-bond acceptors (Lipinski definition) is 26. The average Bonchev–Trinajstić information content (AvgIpc) is 1.71. The molecule has 3 aliphatic carbocycles. The predicted octanol–water partition coefficient (Wildman–Crippen LogP) is 10.9. The number of fused-ring (bicyclic) bond motifs is 3. The Morgan fingerprint density at radius 2 is 0.786 bits per heavy atom. The highest BCUT2D eigenvalue weighted by atomic mass is 79.9. The minimum absolute atomic E-state index is 0.127. The summed E-state index contributed by atoms with van der Waals surface area (Å²) in [5.74, 6) is -1.17. The lowest BCUT2D eigenvalue weighted by molar-refractivity contribution is -0.136. The lowest BCUT2D eigenvalue weighted by Crippen LogP contribution is -2.31. The van der Waals surface area contributed by atoms with E-state index in [4.69, 9.17) is 33.5 Å². The number of amides is 3. The average molecular weight is 1590 g/mol. The standard InChI is InChI=1S/C24H27N3O7S2.C24H25N3O5S2.C22H22BrN3O5S2/c28-13-20(29)18-7-8-19-23(25-18)35-24(26-19)27-22(30)21(34-15-9-11-33-12-10-15)14-1-3-16(4-2-14)36(31,32)17-5-6-17;1-2-16-5-10-20-23(25-16)33-24(26-20)27-22(28)21(32-17-11-13-31-14-12-17)15-3-6-18(7-4-15)34(29,30)19-8-9-19;23-18-8-7-17-21(25-18)32-22(24-17)26-20(27)19(31-14-9-11-30-12-10-14)13-1-3-15(4-2-13)33(28,29)16-5-6-16/h1-4,7-8,15,17,20-21,28-29H,5-6,9-13H2,(H,26,27,30);2-7,10,17,19,21H,1,8-9,11-14H2,(H,26,27,28);1-4,7-8,14,16,19H,5-6,9-12H2,(H,24,26,27). The monoisotopic (exact) mass is 1580 g/mol. The molecule has 4 unspecified atom stereocenters. The Morgan fingerprint density at radius 3 is 1.12 bits per heavy atom. The highest BCUT2D eigenvalue weighted by molar-refractivity contribution is 9.10. The summed E-state index contributed by atoms with van der Waals surface area (Å²) in [5, 5.41) is 27.8. The van der Waals surface area contributed by atoms with Gasteiger partial charge in [0.15, 0.2) is 63.2 Å². The predicted molar refractivity (Wildman–Crippen MR) is 391 cm³/mol. The molecule has 6 aromatic heterocycles. The minimum atomic E-state index is -3.34. The van der Waals surface area contributed by atoms with Crippen LogP contribution in [0.25, 0.3) is 37.1 Å². The molecule has 6 fully saturated rings. The Labute approximate surface area is 614 Å². The fourth-order valence-corrected chi connectivity index (χ4v) is 19.6. The van der Waals surface area contributed by atoms with Gasteiger partial charge in [0.05, 0.1) is 66.7 Å². The second kappa shape index (κ2) is 32.8. The van der Waals surface area contributed by atoms with Gasteiger partial charge in [0.2, 0.25) is 0 Å². The maximum absolute atomic E-state index is 13.4. The normalized spacial score (nSPS) is 18.4. The number of anilines is 3. The third-order valence-corrected chi connectivity index (χ3v) is 27.7. The fourth-order valence-electron chi connectivity index (χ4n) is 11.6. The van der Waals surface area contributed by atoms with E-state index in [9.17, 15) is 44.7 Å². The van der Waals surface area contributed by atoms with Gasteiger partial charge in [-0.3, -0.25) is 30.3 Å². The van der Waals surface area contributed by atoms with Crippen molar-refractivity contribution in [3.05, 3.63) is 148 Å². The second-order valence-electron chi connectivity index (χ2n) is 25.4. The Morgan fingerprint density at radius 1 is 0.466 bits per heavy atom. The Hall–Kier alpha value is -7.06. The first-order valence-electron chi connectivity index (χ1n) is 33.7. The van der Waals surface area contributed by atoms with Crippen LogP contribution in [-0.4, -0.2) is 163 Å². The van der Waals surface area contributed by atoms with E-state index in [2.05, 4.69) is 68.4 Å². The molecule has 0 bridgehead atoms. The van der Waals surface area contributed by atoms with E-state index in [1.165, 1.54) is 34.8 Å². The smallest absolute Gasteiger partial charge is 0.259 e.